The summed E-state index contributed by atoms with van der Waals surface area (Å²) in [5, 5.41) is 13.2. The van der Waals surface area contributed by atoms with E-state index in [4.69, 9.17) is 23.2 Å². The van der Waals surface area contributed by atoms with E-state index in [1.807, 2.05) is 0 Å². The van der Waals surface area contributed by atoms with Crippen LogP contribution in [0.4, 0.5) is 10.1 Å². The summed E-state index contributed by atoms with van der Waals surface area (Å²) in [7, 11) is 0. The summed E-state index contributed by atoms with van der Waals surface area (Å²) in [5.74, 6) is -0.399. The fourth-order valence-electron chi connectivity index (χ4n) is 1.82. The normalized spacial score (nSPS) is 12.2. The Morgan fingerprint density at radius 3 is 2.26 bits per heavy atom. The number of aliphatic hydroxyl groups is 1. The molecule has 0 heterocycles. The van der Waals surface area contributed by atoms with Gasteiger partial charge >= 0.3 is 0 Å². The first-order valence-corrected chi connectivity index (χ1v) is 6.45. The van der Waals surface area contributed by atoms with E-state index < -0.39 is 11.9 Å². The molecule has 0 fully saturated rings. The summed E-state index contributed by atoms with van der Waals surface area (Å²) in [6.07, 6.45) is 0. The van der Waals surface area contributed by atoms with Gasteiger partial charge in [-0.25, -0.2) is 4.39 Å². The number of aliphatic hydroxyl groups excluding tert-OH is 1. The number of nitrogens with one attached hydrogen (secondary N) is 1. The van der Waals surface area contributed by atoms with Gasteiger partial charge in [0.15, 0.2) is 0 Å². The van der Waals surface area contributed by atoms with E-state index in [-0.39, 0.29) is 12.3 Å². The lowest BCUT2D eigenvalue weighted by molar-refractivity contribution is 0.276. The Kier molecular flexibility index (Phi) is 4.64. The largest absolute Gasteiger partial charge is 0.394 e. The number of hydrogen-bond acceptors (Lipinski definition) is 2. The molecule has 100 valence electrons. The predicted molar refractivity (Wildman–Crippen MR) is 76.3 cm³/mol. The van der Waals surface area contributed by atoms with Crippen LogP contribution in [-0.4, -0.2) is 11.7 Å². The average molecular weight is 300 g/mol. The molecule has 0 amide bonds. The molecule has 2 aromatic carbocycles. The zero-order chi connectivity index (χ0) is 13.8. The second kappa shape index (κ2) is 6.24. The Bertz CT molecular complexity index is 557. The lowest BCUT2D eigenvalue weighted by atomic mass is 10.1. The highest BCUT2D eigenvalue weighted by Gasteiger charge is 2.18. The number of para-hydroxylation sites is 1. The molecule has 0 radical (unpaired) electrons. The van der Waals surface area contributed by atoms with Crippen molar-refractivity contribution in [3.63, 3.8) is 0 Å². The Labute approximate surface area is 120 Å². The number of anilines is 1. The van der Waals surface area contributed by atoms with Crippen molar-refractivity contribution < 1.29 is 9.50 Å². The first kappa shape index (κ1) is 14.1. The number of rotatable bonds is 4. The van der Waals surface area contributed by atoms with E-state index in [2.05, 4.69) is 5.32 Å². The third-order valence-corrected chi connectivity index (χ3v) is 3.39. The maximum absolute atomic E-state index is 13.6. The van der Waals surface area contributed by atoms with Crippen LogP contribution in [0.5, 0.6) is 0 Å². The summed E-state index contributed by atoms with van der Waals surface area (Å²) in [6.45, 7) is -0.252. The van der Waals surface area contributed by atoms with E-state index in [1.54, 1.807) is 36.4 Å². The molecule has 0 aromatic heterocycles. The van der Waals surface area contributed by atoms with Gasteiger partial charge in [0, 0.05) is 15.6 Å². The van der Waals surface area contributed by atoms with Crippen molar-refractivity contribution in [3.8, 4) is 0 Å². The Morgan fingerprint density at radius 1 is 1.05 bits per heavy atom. The van der Waals surface area contributed by atoms with Gasteiger partial charge in [-0.05, 0) is 24.3 Å². The maximum atomic E-state index is 13.6. The van der Waals surface area contributed by atoms with Gasteiger partial charge in [-0.1, -0.05) is 41.4 Å². The first-order chi connectivity index (χ1) is 9.13. The van der Waals surface area contributed by atoms with E-state index in [1.165, 1.54) is 6.07 Å². The van der Waals surface area contributed by atoms with Gasteiger partial charge in [-0.15, -0.1) is 0 Å². The fourth-order valence-corrected chi connectivity index (χ4v) is 2.48. The monoisotopic (exact) mass is 299 g/mol. The minimum atomic E-state index is -0.571. The highest BCUT2D eigenvalue weighted by atomic mass is 35.5. The Balaban J connectivity index is 2.34. The van der Waals surface area contributed by atoms with Gasteiger partial charge in [0.1, 0.15) is 5.82 Å². The van der Waals surface area contributed by atoms with Crippen LogP contribution >= 0.6 is 23.2 Å². The molecule has 0 aliphatic heterocycles. The molecule has 0 aliphatic rings. The van der Waals surface area contributed by atoms with Gasteiger partial charge in [0.25, 0.3) is 0 Å². The molecule has 0 saturated heterocycles. The third-order valence-electron chi connectivity index (χ3n) is 2.73. The third kappa shape index (κ3) is 3.18. The molecular formula is C14H12Cl2FNO. The average Bonchev–Trinajstić information content (AvgIpc) is 2.39. The predicted octanol–water partition coefficient (Wildman–Crippen LogP) is 4.28. The van der Waals surface area contributed by atoms with Crippen LogP contribution in [0.3, 0.4) is 0 Å². The van der Waals surface area contributed by atoms with E-state index >= 15 is 0 Å². The summed E-state index contributed by atoms with van der Waals surface area (Å²) < 4.78 is 13.6. The van der Waals surface area contributed by atoms with Crippen molar-refractivity contribution in [2.24, 2.45) is 0 Å². The molecule has 2 rings (SSSR count). The molecule has 1 atom stereocenters. The summed E-state index contributed by atoms with van der Waals surface area (Å²) >= 11 is 12.2. The van der Waals surface area contributed by atoms with Crippen LogP contribution in [0.15, 0.2) is 42.5 Å². The molecule has 2 aromatic rings. The summed E-state index contributed by atoms with van der Waals surface area (Å²) in [5.41, 5.74) is 0.842. The lowest BCUT2D eigenvalue weighted by Crippen LogP contribution is -2.16. The van der Waals surface area contributed by atoms with E-state index in [0.717, 1.165) is 0 Å². The number of benzene rings is 2. The Hall–Kier alpha value is -1.29. The number of halogens is 3. The SMILES string of the molecule is OCC(Nc1ccccc1F)c1c(Cl)cccc1Cl. The van der Waals surface area contributed by atoms with Crippen LogP contribution < -0.4 is 5.32 Å². The van der Waals surface area contributed by atoms with Gasteiger partial charge in [0.2, 0.25) is 0 Å². The molecule has 5 heteroatoms. The molecule has 0 aliphatic carbocycles. The van der Waals surface area contributed by atoms with Crippen LogP contribution in [-0.2, 0) is 0 Å². The molecule has 0 spiro atoms. The molecule has 0 saturated carbocycles. The van der Waals surface area contributed by atoms with Crippen molar-refractivity contribution in [2.75, 3.05) is 11.9 Å². The number of hydrogen-bond donors (Lipinski definition) is 2. The van der Waals surface area contributed by atoms with Gasteiger partial charge in [-0.3, -0.25) is 0 Å². The molecular weight excluding hydrogens is 288 g/mol. The minimum absolute atomic E-state index is 0.252. The van der Waals surface area contributed by atoms with E-state index in [0.29, 0.717) is 15.6 Å². The molecule has 1 unspecified atom stereocenters. The minimum Gasteiger partial charge on any atom is -0.394 e. The van der Waals surface area contributed by atoms with Crippen LogP contribution in [0.2, 0.25) is 10.0 Å². The zero-order valence-electron chi connectivity index (χ0n) is 9.91. The van der Waals surface area contributed by atoms with Crippen molar-refractivity contribution >= 4 is 28.9 Å². The molecule has 2 nitrogen and oxygen atoms in total. The summed E-state index contributed by atoms with van der Waals surface area (Å²) in [4.78, 5) is 0. The van der Waals surface area contributed by atoms with E-state index in [9.17, 15) is 9.50 Å². The molecule has 0 bridgehead atoms. The Morgan fingerprint density at radius 2 is 1.68 bits per heavy atom. The fraction of sp³-hybridized carbons (Fsp3) is 0.143. The second-order valence-corrected chi connectivity index (χ2v) is 4.81. The van der Waals surface area contributed by atoms with Crippen LogP contribution in [0.1, 0.15) is 11.6 Å². The van der Waals surface area contributed by atoms with Gasteiger partial charge in [0.05, 0.1) is 18.3 Å². The van der Waals surface area contributed by atoms with Gasteiger partial charge in [-0.2, -0.15) is 0 Å². The van der Waals surface area contributed by atoms with Crippen LogP contribution in [0.25, 0.3) is 0 Å². The van der Waals surface area contributed by atoms with Crippen molar-refractivity contribution in [1.29, 1.82) is 0 Å². The van der Waals surface area contributed by atoms with Crippen molar-refractivity contribution in [3.05, 3.63) is 63.9 Å². The smallest absolute Gasteiger partial charge is 0.146 e. The molecule has 19 heavy (non-hydrogen) atoms. The summed E-state index contributed by atoms with van der Waals surface area (Å²) in [6, 6.07) is 10.7. The first-order valence-electron chi connectivity index (χ1n) is 5.69. The van der Waals surface area contributed by atoms with Crippen molar-refractivity contribution in [2.45, 2.75) is 6.04 Å². The topological polar surface area (TPSA) is 32.3 Å². The lowest BCUT2D eigenvalue weighted by Gasteiger charge is -2.20. The zero-order valence-corrected chi connectivity index (χ0v) is 11.4. The van der Waals surface area contributed by atoms with Crippen LogP contribution in [0, 0.1) is 5.82 Å². The van der Waals surface area contributed by atoms with Crippen molar-refractivity contribution in [1.82, 2.24) is 0 Å². The molecule has 2 N–H and O–H groups in total. The second-order valence-electron chi connectivity index (χ2n) is 3.99. The standard InChI is InChI=1S/C14H12Cl2FNO/c15-9-4-3-5-10(16)14(9)13(8-19)18-12-7-2-1-6-11(12)17/h1-7,13,18-19H,8H2. The highest BCUT2D eigenvalue weighted by Crippen LogP contribution is 2.32. The quantitative estimate of drug-likeness (QED) is 0.883. The maximum Gasteiger partial charge on any atom is 0.146 e. The highest BCUT2D eigenvalue weighted by molar-refractivity contribution is 6.36. The van der Waals surface area contributed by atoms with Gasteiger partial charge < -0.3 is 10.4 Å².